The Labute approximate surface area is 185 Å². The van der Waals surface area contributed by atoms with Gasteiger partial charge in [-0.1, -0.05) is 44.2 Å². The highest BCUT2D eigenvalue weighted by atomic mass is 19.1. The summed E-state index contributed by atoms with van der Waals surface area (Å²) in [7, 11) is 0. The Morgan fingerprint density at radius 3 is 2.31 bits per heavy atom. The lowest BCUT2D eigenvalue weighted by atomic mass is 9.85. The van der Waals surface area contributed by atoms with Crippen LogP contribution in [0.15, 0.2) is 73.1 Å². The SMILES string of the molecule is CC(C)c1ccc(C2C(C(=O)c3ccc(F)cc3)C(=O)C(=O)N2Cc2cccnc2)cc1. The molecule has 2 atom stereocenters. The van der Waals surface area contributed by atoms with Crippen molar-refractivity contribution in [1.82, 2.24) is 9.88 Å². The topological polar surface area (TPSA) is 67.3 Å². The second-order valence-corrected chi connectivity index (χ2v) is 8.27. The van der Waals surface area contributed by atoms with Crippen molar-refractivity contribution in [1.29, 1.82) is 0 Å². The summed E-state index contributed by atoms with van der Waals surface area (Å²) in [6.07, 6.45) is 3.26. The van der Waals surface area contributed by atoms with Crippen LogP contribution in [0.3, 0.4) is 0 Å². The summed E-state index contributed by atoms with van der Waals surface area (Å²) in [6, 6.07) is 15.5. The number of hydrogen-bond donors (Lipinski definition) is 0. The summed E-state index contributed by atoms with van der Waals surface area (Å²) in [5, 5.41) is 0. The molecule has 0 saturated carbocycles. The number of hydrogen-bond acceptors (Lipinski definition) is 4. The molecule has 2 unspecified atom stereocenters. The summed E-state index contributed by atoms with van der Waals surface area (Å²) < 4.78 is 13.4. The first-order chi connectivity index (χ1) is 15.4. The van der Waals surface area contributed by atoms with E-state index in [1.165, 1.54) is 29.2 Å². The van der Waals surface area contributed by atoms with Gasteiger partial charge in [0.15, 0.2) is 5.78 Å². The maximum absolute atomic E-state index is 13.4. The van der Waals surface area contributed by atoms with Crippen LogP contribution in [0.25, 0.3) is 0 Å². The highest BCUT2D eigenvalue weighted by Gasteiger charge is 2.51. The molecule has 1 aliphatic heterocycles. The van der Waals surface area contributed by atoms with Crippen LogP contribution in [0.1, 0.15) is 52.9 Å². The van der Waals surface area contributed by atoms with Gasteiger partial charge in [0.2, 0.25) is 5.78 Å². The van der Waals surface area contributed by atoms with Gasteiger partial charge in [-0.05, 0) is 52.9 Å². The molecule has 1 amide bonds. The van der Waals surface area contributed by atoms with Crippen molar-refractivity contribution in [2.75, 3.05) is 0 Å². The standard InChI is InChI=1S/C26H23FN2O3/c1-16(2)18-5-7-19(8-6-18)23-22(24(30)20-9-11-21(27)12-10-20)25(31)26(32)29(23)15-17-4-3-13-28-14-17/h3-14,16,22-23H,15H2,1-2H3. The number of carbonyl (C=O) groups excluding carboxylic acids is 3. The molecule has 6 heteroatoms. The highest BCUT2D eigenvalue weighted by molar-refractivity contribution is 6.44. The first kappa shape index (κ1) is 21.6. The van der Waals surface area contributed by atoms with Gasteiger partial charge in [0.25, 0.3) is 5.91 Å². The summed E-state index contributed by atoms with van der Waals surface area (Å²) in [5.41, 5.74) is 2.78. The maximum atomic E-state index is 13.4. The Balaban J connectivity index is 1.77. The molecule has 1 aliphatic rings. The van der Waals surface area contributed by atoms with Crippen LogP contribution < -0.4 is 0 Å². The Morgan fingerprint density at radius 1 is 1.03 bits per heavy atom. The highest BCUT2D eigenvalue weighted by Crippen LogP contribution is 2.39. The second kappa shape index (κ2) is 8.83. The van der Waals surface area contributed by atoms with Crippen molar-refractivity contribution in [3.63, 3.8) is 0 Å². The summed E-state index contributed by atoms with van der Waals surface area (Å²) >= 11 is 0. The minimum absolute atomic E-state index is 0.155. The predicted octanol–water partition coefficient (Wildman–Crippen LogP) is 4.50. The molecule has 3 aromatic rings. The van der Waals surface area contributed by atoms with Crippen molar-refractivity contribution >= 4 is 17.5 Å². The number of likely N-dealkylation sites (tertiary alicyclic amines) is 1. The van der Waals surface area contributed by atoms with Gasteiger partial charge in [0.05, 0.1) is 6.04 Å². The van der Waals surface area contributed by atoms with Gasteiger partial charge in [-0.15, -0.1) is 0 Å². The molecule has 1 fully saturated rings. The van der Waals surface area contributed by atoms with E-state index >= 15 is 0 Å². The van der Waals surface area contributed by atoms with Crippen LogP contribution in [0.4, 0.5) is 4.39 Å². The fourth-order valence-corrected chi connectivity index (χ4v) is 4.09. The Bertz CT molecular complexity index is 1140. The number of nitrogens with zero attached hydrogens (tertiary/aromatic N) is 2. The molecule has 0 spiro atoms. The largest absolute Gasteiger partial charge is 0.323 e. The lowest BCUT2D eigenvalue weighted by Gasteiger charge is -2.27. The van der Waals surface area contributed by atoms with Gasteiger partial charge < -0.3 is 4.90 Å². The van der Waals surface area contributed by atoms with Crippen molar-refractivity contribution in [3.05, 3.63) is 101 Å². The minimum Gasteiger partial charge on any atom is -0.323 e. The first-order valence-electron chi connectivity index (χ1n) is 10.5. The molecule has 2 heterocycles. The molecule has 0 N–H and O–H groups in total. The van der Waals surface area contributed by atoms with E-state index in [0.29, 0.717) is 11.5 Å². The first-order valence-corrected chi connectivity index (χ1v) is 10.5. The summed E-state index contributed by atoms with van der Waals surface area (Å²) in [5.74, 6) is -3.30. The Hall–Kier alpha value is -3.67. The molecular weight excluding hydrogens is 407 g/mol. The predicted molar refractivity (Wildman–Crippen MR) is 117 cm³/mol. The van der Waals surface area contributed by atoms with E-state index in [2.05, 4.69) is 18.8 Å². The number of benzene rings is 2. The maximum Gasteiger partial charge on any atom is 0.291 e. The van der Waals surface area contributed by atoms with E-state index in [0.717, 1.165) is 11.1 Å². The third-order valence-electron chi connectivity index (χ3n) is 5.84. The van der Waals surface area contributed by atoms with Crippen LogP contribution in [0.5, 0.6) is 0 Å². The van der Waals surface area contributed by atoms with E-state index in [9.17, 15) is 18.8 Å². The van der Waals surface area contributed by atoms with Crippen LogP contribution in [-0.4, -0.2) is 27.4 Å². The summed E-state index contributed by atoms with van der Waals surface area (Å²) in [6.45, 7) is 4.31. The monoisotopic (exact) mass is 430 g/mol. The van der Waals surface area contributed by atoms with Gasteiger partial charge >= 0.3 is 0 Å². The molecule has 2 aromatic carbocycles. The Morgan fingerprint density at radius 2 is 1.72 bits per heavy atom. The van der Waals surface area contributed by atoms with Gasteiger partial charge in [0.1, 0.15) is 11.7 Å². The molecule has 0 bridgehead atoms. The van der Waals surface area contributed by atoms with Crippen molar-refractivity contribution in [3.8, 4) is 0 Å². The van der Waals surface area contributed by atoms with Gasteiger partial charge in [-0.25, -0.2) is 4.39 Å². The molecular formula is C26H23FN2O3. The number of amides is 1. The smallest absolute Gasteiger partial charge is 0.291 e. The lowest BCUT2D eigenvalue weighted by Crippen LogP contribution is -2.30. The van der Waals surface area contributed by atoms with E-state index in [1.54, 1.807) is 18.5 Å². The zero-order valence-corrected chi connectivity index (χ0v) is 17.9. The molecule has 4 rings (SSSR count). The zero-order chi connectivity index (χ0) is 22.8. The molecule has 1 saturated heterocycles. The molecule has 162 valence electrons. The van der Waals surface area contributed by atoms with Crippen LogP contribution in [0.2, 0.25) is 0 Å². The van der Waals surface area contributed by atoms with Crippen LogP contribution >= 0.6 is 0 Å². The minimum atomic E-state index is -1.20. The fourth-order valence-electron chi connectivity index (χ4n) is 4.09. The van der Waals surface area contributed by atoms with E-state index in [-0.39, 0.29) is 12.1 Å². The third-order valence-corrected chi connectivity index (χ3v) is 5.84. The van der Waals surface area contributed by atoms with Gasteiger partial charge in [0, 0.05) is 24.5 Å². The second-order valence-electron chi connectivity index (χ2n) is 8.27. The van der Waals surface area contributed by atoms with Crippen LogP contribution in [0, 0.1) is 11.7 Å². The number of carbonyl (C=O) groups is 3. The Kier molecular flexibility index (Phi) is 5.95. The number of halogens is 1. The lowest BCUT2D eigenvalue weighted by molar-refractivity contribution is -0.141. The normalized spacial score (nSPS) is 18.4. The number of Topliss-reactive ketones (excluding diaryl/α,β-unsaturated/α-hetero) is 2. The number of pyridine rings is 1. The number of aromatic nitrogens is 1. The summed E-state index contributed by atoms with van der Waals surface area (Å²) in [4.78, 5) is 44.9. The van der Waals surface area contributed by atoms with E-state index < -0.39 is 35.3 Å². The fraction of sp³-hybridized carbons (Fsp3) is 0.231. The molecule has 32 heavy (non-hydrogen) atoms. The molecule has 0 radical (unpaired) electrons. The molecule has 0 aliphatic carbocycles. The van der Waals surface area contributed by atoms with E-state index in [4.69, 9.17) is 0 Å². The zero-order valence-electron chi connectivity index (χ0n) is 17.9. The van der Waals surface area contributed by atoms with E-state index in [1.807, 2.05) is 30.3 Å². The quantitative estimate of drug-likeness (QED) is 0.328. The number of ketones is 2. The number of rotatable bonds is 6. The average Bonchev–Trinajstić information content (AvgIpc) is 3.05. The van der Waals surface area contributed by atoms with Crippen LogP contribution in [-0.2, 0) is 16.1 Å². The van der Waals surface area contributed by atoms with Crippen molar-refractivity contribution in [2.45, 2.75) is 32.4 Å². The van der Waals surface area contributed by atoms with Gasteiger partial charge in [-0.3, -0.25) is 19.4 Å². The van der Waals surface area contributed by atoms with Gasteiger partial charge in [-0.2, -0.15) is 0 Å². The average molecular weight is 430 g/mol. The molecule has 5 nitrogen and oxygen atoms in total. The molecule has 1 aromatic heterocycles. The third kappa shape index (κ3) is 4.08. The van der Waals surface area contributed by atoms with Crippen molar-refractivity contribution < 1.29 is 18.8 Å². The van der Waals surface area contributed by atoms with Crippen molar-refractivity contribution in [2.24, 2.45) is 5.92 Å².